The van der Waals surface area contributed by atoms with Crippen LogP contribution in [0.4, 0.5) is 10.1 Å². The first kappa shape index (κ1) is 10.7. The first-order valence-corrected chi connectivity index (χ1v) is 5.09. The molecule has 16 heavy (non-hydrogen) atoms. The number of aromatic nitrogens is 2. The Morgan fingerprint density at radius 2 is 2.12 bits per heavy atom. The average Bonchev–Trinajstić information content (AvgIpc) is 2.61. The van der Waals surface area contributed by atoms with Crippen LogP contribution in [-0.4, -0.2) is 16.6 Å². The topological polar surface area (TPSA) is 29.9 Å². The van der Waals surface area contributed by atoms with Crippen LogP contribution in [0.15, 0.2) is 24.4 Å². The molecule has 1 heterocycles. The van der Waals surface area contributed by atoms with Gasteiger partial charge in [-0.3, -0.25) is 0 Å². The molecular formula is C12H14FN3. The standard InChI is InChI=1S/C12H14FN3/c1-8-15-7-12(16(8)3)10-6-9(14-2)4-5-11(10)13/h4-7,14H,1-3H3. The van der Waals surface area contributed by atoms with Crippen LogP contribution in [0.5, 0.6) is 0 Å². The number of hydrogen-bond acceptors (Lipinski definition) is 2. The number of halogens is 1. The summed E-state index contributed by atoms with van der Waals surface area (Å²) >= 11 is 0. The second kappa shape index (κ2) is 3.96. The molecule has 4 heteroatoms. The van der Waals surface area contributed by atoms with Gasteiger partial charge < -0.3 is 9.88 Å². The van der Waals surface area contributed by atoms with E-state index in [0.29, 0.717) is 5.56 Å². The maximum atomic E-state index is 13.7. The monoisotopic (exact) mass is 219 g/mol. The van der Waals surface area contributed by atoms with Crippen LogP contribution in [0.3, 0.4) is 0 Å². The van der Waals surface area contributed by atoms with Crippen LogP contribution in [0.2, 0.25) is 0 Å². The zero-order valence-corrected chi connectivity index (χ0v) is 9.58. The Labute approximate surface area is 93.9 Å². The van der Waals surface area contributed by atoms with Gasteiger partial charge in [0.25, 0.3) is 0 Å². The van der Waals surface area contributed by atoms with Crippen LogP contribution in [0, 0.1) is 12.7 Å². The van der Waals surface area contributed by atoms with Crippen molar-refractivity contribution in [3.8, 4) is 11.3 Å². The van der Waals surface area contributed by atoms with Gasteiger partial charge in [0, 0.05) is 25.3 Å². The van der Waals surface area contributed by atoms with Gasteiger partial charge in [-0.15, -0.1) is 0 Å². The summed E-state index contributed by atoms with van der Waals surface area (Å²) in [6, 6.07) is 4.96. The summed E-state index contributed by atoms with van der Waals surface area (Å²) in [5, 5.41) is 2.99. The number of anilines is 1. The molecule has 1 N–H and O–H groups in total. The molecule has 1 aromatic heterocycles. The molecule has 0 atom stereocenters. The van der Waals surface area contributed by atoms with Crippen molar-refractivity contribution in [2.45, 2.75) is 6.92 Å². The summed E-state index contributed by atoms with van der Waals surface area (Å²) in [6.45, 7) is 1.89. The minimum atomic E-state index is -0.234. The predicted octanol–water partition coefficient (Wildman–Crippen LogP) is 2.58. The molecule has 0 saturated carbocycles. The van der Waals surface area contributed by atoms with Gasteiger partial charge in [0.05, 0.1) is 11.9 Å². The van der Waals surface area contributed by atoms with Crippen molar-refractivity contribution in [2.24, 2.45) is 7.05 Å². The quantitative estimate of drug-likeness (QED) is 0.841. The summed E-state index contributed by atoms with van der Waals surface area (Å²) in [4.78, 5) is 4.17. The van der Waals surface area contributed by atoms with Crippen LogP contribution in [0.1, 0.15) is 5.82 Å². The molecule has 1 aromatic carbocycles. The smallest absolute Gasteiger partial charge is 0.132 e. The number of nitrogens with zero attached hydrogens (tertiary/aromatic N) is 2. The van der Waals surface area contributed by atoms with Crippen molar-refractivity contribution < 1.29 is 4.39 Å². The Bertz CT molecular complexity index is 517. The van der Waals surface area contributed by atoms with Crippen LogP contribution in [-0.2, 0) is 7.05 Å². The highest BCUT2D eigenvalue weighted by Gasteiger charge is 2.10. The molecule has 0 saturated heterocycles. The summed E-state index contributed by atoms with van der Waals surface area (Å²) < 4.78 is 15.6. The normalized spacial score (nSPS) is 10.5. The average molecular weight is 219 g/mol. The molecule has 0 aliphatic carbocycles. The lowest BCUT2D eigenvalue weighted by atomic mass is 10.1. The third kappa shape index (κ3) is 1.66. The molecule has 3 nitrogen and oxygen atoms in total. The number of imidazole rings is 1. The van der Waals surface area contributed by atoms with Gasteiger partial charge >= 0.3 is 0 Å². The lowest BCUT2D eigenvalue weighted by Gasteiger charge is -2.07. The van der Waals surface area contributed by atoms with E-state index in [1.165, 1.54) is 6.07 Å². The van der Waals surface area contributed by atoms with Gasteiger partial charge in [0.1, 0.15) is 11.6 Å². The molecular weight excluding hydrogens is 205 g/mol. The second-order valence-corrected chi connectivity index (χ2v) is 3.69. The highest BCUT2D eigenvalue weighted by molar-refractivity contribution is 5.66. The molecule has 2 rings (SSSR count). The summed E-state index contributed by atoms with van der Waals surface area (Å²) in [5.41, 5.74) is 2.23. The number of rotatable bonds is 2. The minimum Gasteiger partial charge on any atom is -0.388 e. The van der Waals surface area contributed by atoms with E-state index in [1.54, 1.807) is 18.3 Å². The van der Waals surface area contributed by atoms with Crippen LogP contribution >= 0.6 is 0 Å². The largest absolute Gasteiger partial charge is 0.388 e. The van der Waals surface area contributed by atoms with Crippen molar-refractivity contribution >= 4 is 5.69 Å². The van der Waals surface area contributed by atoms with Gasteiger partial charge in [-0.05, 0) is 25.1 Å². The van der Waals surface area contributed by atoms with Crippen molar-refractivity contribution in [1.82, 2.24) is 9.55 Å². The number of benzene rings is 1. The summed E-state index contributed by atoms with van der Waals surface area (Å²) in [6.07, 6.45) is 1.69. The van der Waals surface area contributed by atoms with Crippen molar-refractivity contribution in [1.29, 1.82) is 0 Å². The molecule has 0 unspecified atom stereocenters. The lowest BCUT2D eigenvalue weighted by molar-refractivity contribution is 0.629. The van der Waals surface area contributed by atoms with Gasteiger partial charge in [-0.25, -0.2) is 9.37 Å². The first-order chi connectivity index (χ1) is 7.63. The van der Waals surface area contributed by atoms with Crippen LogP contribution < -0.4 is 5.32 Å². The summed E-state index contributed by atoms with van der Waals surface area (Å²) in [5.74, 6) is 0.631. The minimum absolute atomic E-state index is 0.234. The van der Waals surface area contributed by atoms with Crippen molar-refractivity contribution in [2.75, 3.05) is 12.4 Å². The van der Waals surface area contributed by atoms with E-state index < -0.39 is 0 Å². The van der Waals surface area contributed by atoms with E-state index in [4.69, 9.17) is 0 Å². The fourth-order valence-electron chi connectivity index (χ4n) is 1.63. The third-order valence-corrected chi connectivity index (χ3v) is 2.75. The Morgan fingerprint density at radius 1 is 1.38 bits per heavy atom. The Kier molecular flexibility index (Phi) is 2.64. The SMILES string of the molecule is CNc1ccc(F)c(-c2cnc(C)n2C)c1. The molecule has 0 fully saturated rings. The molecule has 84 valence electrons. The third-order valence-electron chi connectivity index (χ3n) is 2.75. The maximum Gasteiger partial charge on any atom is 0.132 e. The lowest BCUT2D eigenvalue weighted by Crippen LogP contribution is -1.97. The van der Waals surface area contributed by atoms with Crippen LogP contribution in [0.25, 0.3) is 11.3 Å². The molecule has 0 aliphatic heterocycles. The van der Waals surface area contributed by atoms with Crippen molar-refractivity contribution in [3.05, 3.63) is 36.0 Å². The number of hydrogen-bond donors (Lipinski definition) is 1. The highest BCUT2D eigenvalue weighted by Crippen LogP contribution is 2.25. The van der Waals surface area contributed by atoms with E-state index in [-0.39, 0.29) is 5.82 Å². The van der Waals surface area contributed by atoms with Gasteiger partial charge in [0.2, 0.25) is 0 Å². The Hall–Kier alpha value is -1.84. The highest BCUT2D eigenvalue weighted by atomic mass is 19.1. The van der Waals surface area contributed by atoms with Gasteiger partial charge in [-0.1, -0.05) is 0 Å². The molecule has 0 bridgehead atoms. The molecule has 0 radical (unpaired) electrons. The van der Waals surface area contributed by atoms with Gasteiger partial charge in [0.15, 0.2) is 0 Å². The molecule has 0 amide bonds. The molecule has 0 spiro atoms. The molecule has 2 aromatic rings. The zero-order chi connectivity index (χ0) is 11.7. The van der Waals surface area contributed by atoms with Gasteiger partial charge in [-0.2, -0.15) is 0 Å². The van der Waals surface area contributed by atoms with E-state index in [9.17, 15) is 4.39 Å². The number of nitrogens with one attached hydrogen (secondary N) is 1. The van der Waals surface area contributed by atoms with E-state index >= 15 is 0 Å². The maximum absolute atomic E-state index is 13.7. The fraction of sp³-hybridized carbons (Fsp3) is 0.250. The van der Waals surface area contributed by atoms with E-state index in [0.717, 1.165) is 17.2 Å². The first-order valence-electron chi connectivity index (χ1n) is 5.09. The van der Waals surface area contributed by atoms with Crippen molar-refractivity contribution in [3.63, 3.8) is 0 Å². The predicted molar refractivity (Wildman–Crippen MR) is 62.9 cm³/mol. The molecule has 0 aliphatic rings. The Balaban J connectivity index is 2.59. The van der Waals surface area contributed by atoms with E-state index in [2.05, 4.69) is 10.3 Å². The summed E-state index contributed by atoms with van der Waals surface area (Å²) in [7, 11) is 3.69. The second-order valence-electron chi connectivity index (χ2n) is 3.69. The number of aryl methyl sites for hydroxylation is 1. The Morgan fingerprint density at radius 3 is 2.69 bits per heavy atom. The van der Waals surface area contributed by atoms with E-state index in [1.807, 2.05) is 25.6 Å². The fourth-order valence-corrected chi connectivity index (χ4v) is 1.63. The zero-order valence-electron chi connectivity index (χ0n) is 9.58.